The van der Waals surface area contributed by atoms with Gasteiger partial charge in [-0.25, -0.2) is 4.99 Å². The summed E-state index contributed by atoms with van der Waals surface area (Å²) in [7, 11) is 3.34. The smallest absolute Gasteiger partial charge is 0.220 e. The van der Waals surface area contributed by atoms with Gasteiger partial charge in [0.05, 0.1) is 5.69 Å². The van der Waals surface area contributed by atoms with Crippen molar-refractivity contribution in [2.75, 3.05) is 0 Å². The summed E-state index contributed by atoms with van der Waals surface area (Å²) in [4.78, 5) is 5.87. The zero-order valence-electron chi connectivity index (χ0n) is 16.9. The summed E-state index contributed by atoms with van der Waals surface area (Å²) in [5, 5.41) is 2.00. The van der Waals surface area contributed by atoms with Gasteiger partial charge >= 0.3 is 0 Å². The van der Waals surface area contributed by atoms with Gasteiger partial charge in [-0.3, -0.25) is 0 Å². The molecule has 148 valence electrons. The molecule has 3 rings (SSSR count). The highest BCUT2D eigenvalue weighted by atomic mass is 33.1. The second-order valence-electron chi connectivity index (χ2n) is 7.46. The van der Waals surface area contributed by atoms with Gasteiger partial charge in [-0.05, 0) is 52.8 Å². The van der Waals surface area contributed by atoms with Crippen LogP contribution in [0.15, 0.2) is 106 Å². The van der Waals surface area contributed by atoms with E-state index in [0.717, 1.165) is 11.4 Å². The van der Waals surface area contributed by atoms with Crippen LogP contribution in [-0.2, 0) is 5.41 Å². The molecular formula is C25H25NOS2. The first kappa shape index (κ1) is 21.3. The highest BCUT2D eigenvalue weighted by Gasteiger charge is 2.13. The lowest BCUT2D eigenvalue weighted by molar-refractivity contribution is 0.551. The van der Waals surface area contributed by atoms with E-state index in [2.05, 4.69) is 50.0 Å². The first-order valence-corrected chi connectivity index (χ1v) is 11.7. The Bertz CT molecular complexity index is 944. The molecule has 0 spiro atoms. The number of aliphatic imine (C=N–C) groups is 1. The topological polar surface area (TPSA) is 21.6 Å². The maximum atomic E-state index is 6.08. The zero-order valence-corrected chi connectivity index (χ0v) is 18.5. The van der Waals surface area contributed by atoms with Crippen molar-refractivity contribution in [2.24, 2.45) is 4.99 Å². The molecule has 0 amide bonds. The van der Waals surface area contributed by atoms with Crippen molar-refractivity contribution >= 4 is 33.2 Å². The molecule has 0 aliphatic carbocycles. The molecule has 0 unspecified atom stereocenters. The average Bonchev–Trinajstić information content (AvgIpc) is 2.72. The van der Waals surface area contributed by atoms with E-state index < -0.39 is 0 Å². The maximum absolute atomic E-state index is 6.08. The molecule has 0 atom stereocenters. The predicted molar refractivity (Wildman–Crippen MR) is 128 cm³/mol. The first-order chi connectivity index (χ1) is 14.0. The Kier molecular flexibility index (Phi) is 7.62. The molecule has 2 nitrogen and oxygen atoms in total. The van der Waals surface area contributed by atoms with Crippen LogP contribution < -0.4 is 4.74 Å². The summed E-state index contributed by atoms with van der Waals surface area (Å²) in [5.41, 5.74) is 2.25. The molecule has 3 aromatic carbocycles. The van der Waals surface area contributed by atoms with Gasteiger partial charge in [0, 0.05) is 11.0 Å². The minimum atomic E-state index is 0.116. The second kappa shape index (κ2) is 10.4. The van der Waals surface area contributed by atoms with E-state index in [0.29, 0.717) is 5.90 Å². The summed E-state index contributed by atoms with van der Waals surface area (Å²) in [6, 6.07) is 28.4. The van der Waals surface area contributed by atoms with E-state index in [4.69, 9.17) is 4.74 Å². The number of benzene rings is 3. The molecule has 0 saturated carbocycles. The van der Waals surface area contributed by atoms with Crippen LogP contribution in [0.5, 0.6) is 5.75 Å². The molecule has 0 fully saturated rings. The molecule has 4 heteroatoms. The van der Waals surface area contributed by atoms with Gasteiger partial charge in [0.2, 0.25) is 5.90 Å². The second-order valence-corrected chi connectivity index (χ2v) is 9.64. The molecule has 0 N–H and O–H groups in total. The molecule has 0 saturated heterocycles. The van der Waals surface area contributed by atoms with Crippen molar-refractivity contribution in [1.29, 1.82) is 0 Å². The van der Waals surface area contributed by atoms with Crippen LogP contribution >= 0.6 is 21.6 Å². The van der Waals surface area contributed by atoms with Crippen LogP contribution in [0.1, 0.15) is 26.3 Å². The predicted octanol–water partition coefficient (Wildman–Crippen LogP) is 8.05. The van der Waals surface area contributed by atoms with E-state index in [-0.39, 0.29) is 5.41 Å². The van der Waals surface area contributed by atoms with E-state index in [1.807, 2.05) is 72.1 Å². The van der Waals surface area contributed by atoms with Crippen molar-refractivity contribution in [3.05, 3.63) is 102 Å². The molecule has 29 heavy (non-hydrogen) atoms. The van der Waals surface area contributed by atoms with Crippen molar-refractivity contribution in [2.45, 2.75) is 31.1 Å². The van der Waals surface area contributed by atoms with Crippen LogP contribution in [0.25, 0.3) is 0 Å². The SMILES string of the molecule is CC(C)(C)c1ccc(OC(/C=C/SSc2ccccc2)=N\c2ccccc2)cc1. The Morgan fingerprint density at radius 2 is 1.45 bits per heavy atom. The van der Waals surface area contributed by atoms with Crippen LogP contribution in [-0.4, -0.2) is 5.90 Å². The van der Waals surface area contributed by atoms with Crippen molar-refractivity contribution in [3.8, 4) is 5.75 Å². The third-order valence-electron chi connectivity index (χ3n) is 4.09. The van der Waals surface area contributed by atoms with Crippen LogP contribution in [0, 0.1) is 0 Å². The van der Waals surface area contributed by atoms with Gasteiger partial charge in [0.1, 0.15) is 5.75 Å². The highest BCUT2D eigenvalue weighted by molar-refractivity contribution is 8.77. The van der Waals surface area contributed by atoms with E-state index >= 15 is 0 Å². The summed E-state index contributed by atoms with van der Waals surface area (Å²) in [6.45, 7) is 6.61. The molecule has 3 aromatic rings. The quantitative estimate of drug-likeness (QED) is 0.229. The lowest BCUT2D eigenvalue weighted by Gasteiger charge is -2.19. The fourth-order valence-corrected chi connectivity index (χ4v) is 4.12. The first-order valence-electron chi connectivity index (χ1n) is 9.48. The number of rotatable bonds is 6. The third-order valence-corrected chi connectivity index (χ3v) is 6.10. The maximum Gasteiger partial charge on any atom is 0.220 e. The molecule has 0 bridgehead atoms. The van der Waals surface area contributed by atoms with Crippen molar-refractivity contribution < 1.29 is 4.74 Å². The average molecular weight is 420 g/mol. The van der Waals surface area contributed by atoms with E-state index in [1.54, 1.807) is 21.6 Å². The van der Waals surface area contributed by atoms with Crippen LogP contribution in [0.3, 0.4) is 0 Å². The Hall–Kier alpha value is -2.43. The van der Waals surface area contributed by atoms with E-state index in [1.165, 1.54) is 10.5 Å². The van der Waals surface area contributed by atoms with Gasteiger partial charge in [-0.2, -0.15) is 0 Å². The number of hydrogen-bond acceptors (Lipinski definition) is 4. The van der Waals surface area contributed by atoms with Gasteiger partial charge in [0.25, 0.3) is 0 Å². The minimum absolute atomic E-state index is 0.116. The van der Waals surface area contributed by atoms with Crippen molar-refractivity contribution in [3.63, 3.8) is 0 Å². The summed E-state index contributed by atoms with van der Waals surface area (Å²) in [6.07, 6.45) is 1.91. The molecular weight excluding hydrogens is 394 g/mol. The Morgan fingerprint density at radius 3 is 2.07 bits per heavy atom. The minimum Gasteiger partial charge on any atom is -0.439 e. The van der Waals surface area contributed by atoms with Gasteiger partial charge in [-0.1, -0.05) is 90.9 Å². The number of nitrogens with zero attached hydrogens (tertiary/aromatic N) is 1. The van der Waals surface area contributed by atoms with Gasteiger partial charge in [0.15, 0.2) is 0 Å². The monoisotopic (exact) mass is 419 g/mol. The number of para-hydroxylation sites is 1. The van der Waals surface area contributed by atoms with Gasteiger partial charge in [-0.15, -0.1) is 0 Å². The number of hydrogen-bond donors (Lipinski definition) is 0. The fourth-order valence-electron chi connectivity index (χ4n) is 2.51. The molecule has 0 aromatic heterocycles. The summed E-state index contributed by atoms with van der Waals surface area (Å²) < 4.78 is 6.08. The third kappa shape index (κ3) is 7.15. The molecule has 0 heterocycles. The van der Waals surface area contributed by atoms with E-state index in [9.17, 15) is 0 Å². The van der Waals surface area contributed by atoms with Crippen LogP contribution in [0.2, 0.25) is 0 Å². The normalized spacial score (nSPS) is 12.3. The summed E-state index contributed by atoms with van der Waals surface area (Å²) in [5.74, 6) is 1.33. The molecule has 0 aliphatic rings. The van der Waals surface area contributed by atoms with Gasteiger partial charge < -0.3 is 4.74 Å². The Labute approximate surface area is 181 Å². The fraction of sp³-hybridized carbons (Fsp3) is 0.160. The Balaban J connectivity index is 1.73. The largest absolute Gasteiger partial charge is 0.439 e. The molecule has 0 aliphatic heterocycles. The highest BCUT2D eigenvalue weighted by Crippen LogP contribution is 2.31. The standard InChI is InChI=1S/C25H25NOS2/c1-25(2,3)20-14-16-22(17-15-20)27-24(26-21-10-6-4-7-11-21)18-19-28-29-23-12-8-5-9-13-23/h4-19H,1-3H3/b19-18+,26-24-. The lowest BCUT2D eigenvalue weighted by Crippen LogP contribution is -2.11. The number of ether oxygens (including phenoxy) is 1. The Morgan fingerprint density at radius 1 is 0.828 bits per heavy atom. The van der Waals surface area contributed by atoms with Crippen LogP contribution in [0.4, 0.5) is 5.69 Å². The lowest BCUT2D eigenvalue weighted by atomic mass is 9.87. The zero-order chi connectivity index (χ0) is 20.5. The summed E-state index contributed by atoms with van der Waals surface area (Å²) >= 11 is 0. The molecule has 0 radical (unpaired) electrons. The van der Waals surface area contributed by atoms with Crippen molar-refractivity contribution in [1.82, 2.24) is 0 Å².